The van der Waals surface area contributed by atoms with Gasteiger partial charge in [-0.15, -0.1) is 0 Å². The Morgan fingerprint density at radius 3 is 2.45 bits per heavy atom. The van der Waals surface area contributed by atoms with Crippen molar-refractivity contribution in [3.63, 3.8) is 0 Å². The summed E-state index contributed by atoms with van der Waals surface area (Å²) in [5, 5.41) is 0. The van der Waals surface area contributed by atoms with Crippen LogP contribution in [-0.2, 0) is 9.53 Å². The maximum Gasteiger partial charge on any atom is 0.307 e. The van der Waals surface area contributed by atoms with Gasteiger partial charge in [0.2, 0.25) is 0 Å². The van der Waals surface area contributed by atoms with Crippen LogP contribution in [0.5, 0.6) is 0 Å². The molecule has 0 aromatic heterocycles. The van der Waals surface area contributed by atoms with Crippen LogP contribution in [0.4, 0.5) is 0 Å². The molecule has 0 heterocycles. The van der Waals surface area contributed by atoms with E-state index in [0.29, 0.717) is 6.61 Å². The Kier molecular flexibility index (Phi) is 8.72. The first kappa shape index (κ1) is 16.7. The maximum absolute atomic E-state index is 11.7. The summed E-state index contributed by atoms with van der Waals surface area (Å²) in [6.45, 7) is 2.73. The molecule has 0 radical (unpaired) electrons. The largest absolute Gasteiger partial charge is 0.466 e. The average Bonchev–Trinajstić information content (AvgIpc) is 2.47. The highest BCUT2D eigenvalue weighted by molar-refractivity contribution is 5.70. The van der Waals surface area contributed by atoms with Crippen LogP contribution in [0.15, 0.2) is 30.3 Å². The molecule has 112 valence electrons. The van der Waals surface area contributed by atoms with Gasteiger partial charge in [-0.3, -0.25) is 4.79 Å². The number of hydrogen-bond acceptors (Lipinski definition) is 3. The van der Waals surface area contributed by atoms with Crippen LogP contribution in [0.2, 0.25) is 0 Å². The predicted octanol–water partition coefficient (Wildman–Crippen LogP) is 3.98. The van der Waals surface area contributed by atoms with E-state index in [2.05, 4.69) is 6.92 Å². The Balaban J connectivity index is 2.08. The van der Waals surface area contributed by atoms with Crippen LogP contribution in [0.3, 0.4) is 0 Å². The van der Waals surface area contributed by atoms with E-state index in [-0.39, 0.29) is 18.4 Å². The molecule has 3 nitrogen and oxygen atoms in total. The lowest BCUT2D eigenvalue weighted by Gasteiger charge is -2.11. The van der Waals surface area contributed by atoms with E-state index < -0.39 is 0 Å². The molecule has 0 amide bonds. The van der Waals surface area contributed by atoms with E-state index >= 15 is 0 Å². The zero-order chi connectivity index (χ0) is 14.6. The van der Waals surface area contributed by atoms with Crippen molar-refractivity contribution < 1.29 is 9.53 Å². The van der Waals surface area contributed by atoms with Crippen LogP contribution in [0.25, 0.3) is 0 Å². The van der Waals surface area contributed by atoms with Crippen LogP contribution in [0.1, 0.15) is 63.5 Å². The van der Waals surface area contributed by atoms with Gasteiger partial charge in [-0.05, 0) is 12.0 Å². The number of ether oxygens (including phenoxy) is 1. The van der Waals surface area contributed by atoms with Crippen molar-refractivity contribution in [1.82, 2.24) is 0 Å². The number of benzene rings is 1. The highest BCUT2D eigenvalue weighted by Gasteiger charge is 2.12. The fourth-order valence-electron chi connectivity index (χ4n) is 2.12. The lowest BCUT2D eigenvalue weighted by molar-refractivity contribution is -0.144. The predicted molar refractivity (Wildman–Crippen MR) is 82.3 cm³/mol. The highest BCUT2D eigenvalue weighted by atomic mass is 16.5. The van der Waals surface area contributed by atoms with Crippen molar-refractivity contribution in [3.8, 4) is 0 Å². The van der Waals surface area contributed by atoms with Gasteiger partial charge >= 0.3 is 5.97 Å². The summed E-state index contributed by atoms with van der Waals surface area (Å²) in [5.41, 5.74) is 6.96. The smallest absolute Gasteiger partial charge is 0.307 e. The Hall–Kier alpha value is -1.35. The van der Waals surface area contributed by atoms with Crippen LogP contribution < -0.4 is 5.73 Å². The summed E-state index contributed by atoms with van der Waals surface area (Å²) in [7, 11) is 0. The van der Waals surface area contributed by atoms with Crippen molar-refractivity contribution in [2.45, 2.75) is 57.9 Å². The van der Waals surface area contributed by atoms with Crippen molar-refractivity contribution in [2.75, 3.05) is 6.61 Å². The van der Waals surface area contributed by atoms with Crippen molar-refractivity contribution in [2.24, 2.45) is 5.73 Å². The summed E-state index contributed by atoms with van der Waals surface area (Å²) < 4.78 is 5.22. The van der Waals surface area contributed by atoms with Crippen molar-refractivity contribution in [3.05, 3.63) is 35.9 Å². The molecule has 0 bridgehead atoms. The van der Waals surface area contributed by atoms with Crippen molar-refractivity contribution >= 4 is 5.97 Å². The van der Waals surface area contributed by atoms with E-state index in [1.807, 2.05) is 30.3 Å². The third-order valence-corrected chi connectivity index (χ3v) is 3.38. The molecule has 20 heavy (non-hydrogen) atoms. The van der Waals surface area contributed by atoms with Gasteiger partial charge in [-0.2, -0.15) is 0 Å². The van der Waals surface area contributed by atoms with Gasteiger partial charge in [0.25, 0.3) is 0 Å². The average molecular weight is 277 g/mol. The Bertz CT molecular complexity index is 365. The molecule has 1 rings (SSSR count). The number of rotatable bonds is 10. The topological polar surface area (TPSA) is 52.3 Å². The SMILES string of the molecule is CCCCCCCCOC(=O)C[C@H](N)c1ccccc1. The summed E-state index contributed by atoms with van der Waals surface area (Å²) in [4.78, 5) is 11.7. The molecule has 0 aliphatic heterocycles. The van der Waals surface area contributed by atoms with Crippen molar-refractivity contribution in [1.29, 1.82) is 0 Å². The van der Waals surface area contributed by atoms with E-state index in [4.69, 9.17) is 10.5 Å². The first-order valence-corrected chi connectivity index (χ1v) is 7.70. The fraction of sp³-hybridized carbons (Fsp3) is 0.588. The first-order valence-electron chi connectivity index (χ1n) is 7.70. The normalized spacial score (nSPS) is 12.1. The molecule has 2 N–H and O–H groups in total. The summed E-state index contributed by atoms with van der Waals surface area (Å²) in [6.07, 6.45) is 7.41. The first-order chi connectivity index (χ1) is 9.74. The standard InChI is InChI=1S/C17H27NO2/c1-2-3-4-5-6-10-13-20-17(19)14-16(18)15-11-8-7-9-12-15/h7-9,11-12,16H,2-6,10,13-14,18H2,1H3/t16-/m0/s1. The second-order valence-electron chi connectivity index (χ2n) is 5.21. The maximum atomic E-state index is 11.7. The van der Waals surface area contributed by atoms with Gasteiger partial charge in [0.1, 0.15) is 0 Å². The summed E-state index contributed by atoms with van der Waals surface area (Å²) in [6, 6.07) is 9.39. The van der Waals surface area contributed by atoms with E-state index in [1.54, 1.807) is 0 Å². The van der Waals surface area contributed by atoms with Gasteiger partial charge in [-0.1, -0.05) is 69.4 Å². The van der Waals surface area contributed by atoms with Gasteiger partial charge in [0.15, 0.2) is 0 Å². The van der Waals surface area contributed by atoms with Crippen LogP contribution in [0, 0.1) is 0 Å². The number of carbonyl (C=O) groups is 1. The summed E-state index contributed by atoms with van der Waals surface area (Å²) >= 11 is 0. The van der Waals surface area contributed by atoms with E-state index in [1.165, 1.54) is 25.7 Å². The minimum Gasteiger partial charge on any atom is -0.466 e. The minimum absolute atomic E-state index is 0.199. The monoisotopic (exact) mass is 277 g/mol. The van der Waals surface area contributed by atoms with Gasteiger partial charge in [-0.25, -0.2) is 0 Å². The second-order valence-corrected chi connectivity index (χ2v) is 5.21. The molecule has 0 fully saturated rings. The Labute approximate surface area is 122 Å². The molecule has 1 aromatic rings. The van der Waals surface area contributed by atoms with Gasteiger partial charge in [0.05, 0.1) is 13.0 Å². The third-order valence-electron chi connectivity index (χ3n) is 3.38. The minimum atomic E-state index is -0.270. The number of unbranched alkanes of at least 4 members (excludes halogenated alkanes) is 5. The third kappa shape index (κ3) is 7.29. The number of hydrogen-bond donors (Lipinski definition) is 1. The Morgan fingerprint density at radius 2 is 1.75 bits per heavy atom. The molecule has 0 aliphatic carbocycles. The molecule has 0 aliphatic rings. The summed E-state index contributed by atoms with van der Waals surface area (Å²) in [5.74, 6) is -0.199. The molecular weight excluding hydrogens is 250 g/mol. The molecule has 1 atom stereocenters. The number of esters is 1. The lowest BCUT2D eigenvalue weighted by Crippen LogP contribution is -2.17. The fourth-order valence-corrected chi connectivity index (χ4v) is 2.12. The molecule has 0 saturated carbocycles. The van der Waals surface area contributed by atoms with Gasteiger partial charge < -0.3 is 10.5 Å². The van der Waals surface area contributed by atoms with Gasteiger partial charge in [0, 0.05) is 6.04 Å². The lowest BCUT2D eigenvalue weighted by atomic mass is 10.1. The number of nitrogens with two attached hydrogens (primary N) is 1. The highest BCUT2D eigenvalue weighted by Crippen LogP contribution is 2.14. The van der Waals surface area contributed by atoms with E-state index in [9.17, 15) is 4.79 Å². The van der Waals surface area contributed by atoms with Crippen LogP contribution >= 0.6 is 0 Å². The Morgan fingerprint density at radius 1 is 1.10 bits per heavy atom. The van der Waals surface area contributed by atoms with E-state index in [0.717, 1.165) is 18.4 Å². The zero-order valence-electron chi connectivity index (χ0n) is 12.5. The number of carbonyl (C=O) groups excluding carboxylic acids is 1. The molecule has 0 spiro atoms. The molecule has 0 saturated heterocycles. The quantitative estimate of drug-likeness (QED) is 0.520. The molecule has 0 unspecified atom stereocenters. The zero-order valence-corrected chi connectivity index (χ0v) is 12.5. The molecular formula is C17H27NO2. The van der Waals surface area contributed by atoms with Crippen LogP contribution in [-0.4, -0.2) is 12.6 Å². The molecule has 1 aromatic carbocycles. The second kappa shape index (κ2) is 10.4. The molecule has 3 heteroatoms.